The van der Waals surface area contributed by atoms with Crippen LogP contribution in [0.4, 0.5) is 0 Å². The summed E-state index contributed by atoms with van der Waals surface area (Å²) in [5, 5.41) is 15.4. The van der Waals surface area contributed by atoms with Gasteiger partial charge in [0, 0.05) is 22.2 Å². The molecule has 0 fully saturated rings. The van der Waals surface area contributed by atoms with Crippen LogP contribution >= 0.6 is 38.6 Å². The van der Waals surface area contributed by atoms with E-state index in [4.69, 9.17) is 5.11 Å². The van der Waals surface area contributed by atoms with Gasteiger partial charge in [-0.2, -0.15) is 0 Å². The van der Waals surface area contributed by atoms with Crippen LogP contribution in [-0.2, 0) is 6.54 Å². The fourth-order valence-corrected chi connectivity index (χ4v) is 3.40. The van der Waals surface area contributed by atoms with E-state index in [0.29, 0.717) is 18.5 Å². The second-order valence-electron chi connectivity index (χ2n) is 3.86. The summed E-state index contributed by atoms with van der Waals surface area (Å²) in [6.45, 7) is 0.531. The summed E-state index contributed by atoms with van der Waals surface area (Å²) in [7, 11) is 0. The van der Waals surface area contributed by atoms with Crippen LogP contribution in [0.3, 0.4) is 0 Å². The van der Waals surface area contributed by atoms with Gasteiger partial charge in [0.25, 0.3) is 5.91 Å². The predicted molar refractivity (Wildman–Crippen MR) is 86.1 cm³/mol. The molecule has 2 aromatic heterocycles. The van der Waals surface area contributed by atoms with Crippen molar-refractivity contribution in [2.45, 2.75) is 13.0 Å². The summed E-state index contributed by atoms with van der Waals surface area (Å²) in [5.74, 6) is 5.81. The first-order chi connectivity index (χ1) is 9.70. The Morgan fingerprint density at radius 2 is 2.30 bits per heavy atom. The Hall–Kier alpha value is -1.13. The Balaban J connectivity index is 1.96. The van der Waals surface area contributed by atoms with Crippen molar-refractivity contribution in [2.75, 3.05) is 6.61 Å². The number of nitrogens with one attached hydrogen (secondary N) is 1. The Kier molecular flexibility index (Phi) is 5.80. The van der Waals surface area contributed by atoms with E-state index < -0.39 is 0 Å². The summed E-state index contributed by atoms with van der Waals surface area (Å²) in [4.78, 5) is 13.0. The molecule has 2 aromatic rings. The van der Waals surface area contributed by atoms with Crippen molar-refractivity contribution in [1.82, 2.24) is 5.32 Å². The summed E-state index contributed by atoms with van der Waals surface area (Å²) in [6, 6.07) is 3.73. The smallest absolute Gasteiger partial charge is 0.252 e. The molecule has 0 bridgehead atoms. The molecule has 0 aromatic carbocycles. The Morgan fingerprint density at radius 1 is 1.45 bits per heavy atom. The zero-order valence-electron chi connectivity index (χ0n) is 10.5. The Bertz CT molecular complexity index is 651. The zero-order chi connectivity index (χ0) is 14.4. The molecule has 0 saturated heterocycles. The van der Waals surface area contributed by atoms with Crippen LogP contribution < -0.4 is 5.32 Å². The number of rotatable bonds is 4. The van der Waals surface area contributed by atoms with Crippen molar-refractivity contribution in [1.29, 1.82) is 0 Å². The van der Waals surface area contributed by atoms with Crippen molar-refractivity contribution in [3.8, 4) is 11.8 Å². The summed E-state index contributed by atoms with van der Waals surface area (Å²) < 4.78 is 0.939. The lowest BCUT2D eigenvalue weighted by Crippen LogP contribution is -2.22. The van der Waals surface area contributed by atoms with Crippen LogP contribution in [0, 0.1) is 11.8 Å². The molecule has 20 heavy (non-hydrogen) atoms. The number of halogens is 1. The second kappa shape index (κ2) is 7.60. The number of hydrogen-bond donors (Lipinski definition) is 2. The number of aliphatic hydroxyl groups excluding tert-OH is 1. The van der Waals surface area contributed by atoms with Crippen LogP contribution in [0.15, 0.2) is 26.7 Å². The minimum atomic E-state index is -0.0883. The maximum Gasteiger partial charge on any atom is 0.252 e. The van der Waals surface area contributed by atoms with E-state index >= 15 is 0 Å². The van der Waals surface area contributed by atoms with Gasteiger partial charge in [0.05, 0.1) is 22.5 Å². The fourth-order valence-electron chi connectivity index (χ4n) is 1.49. The third-order valence-electron chi connectivity index (χ3n) is 2.44. The van der Waals surface area contributed by atoms with Crippen LogP contribution in [0.2, 0.25) is 0 Å². The Morgan fingerprint density at radius 3 is 3.00 bits per heavy atom. The molecule has 104 valence electrons. The highest BCUT2D eigenvalue weighted by atomic mass is 79.9. The fraction of sp³-hybridized carbons (Fsp3) is 0.214. The van der Waals surface area contributed by atoms with Crippen molar-refractivity contribution in [3.05, 3.63) is 42.7 Å². The largest absolute Gasteiger partial charge is 0.395 e. The molecule has 0 radical (unpaired) electrons. The SMILES string of the molecule is O=C(NCc1sccc1C#CCCO)c1csc(Br)c1. The standard InChI is InChI=1S/C14H12BrNO2S2/c15-13-7-11(9-20-13)14(18)16-8-12-10(4-6-19-12)3-1-2-5-17/h4,6-7,9,17H,2,5,8H2,(H,16,18). The van der Waals surface area contributed by atoms with Crippen LogP contribution in [0.1, 0.15) is 27.2 Å². The number of carbonyl (C=O) groups excluding carboxylic acids is 1. The van der Waals surface area contributed by atoms with E-state index in [1.807, 2.05) is 16.8 Å². The normalized spacial score (nSPS) is 9.90. The van der Waals surface area contributed by atoms with E-state index in [1.165, 1.54) is 11.3 Å². The van der Waals surface area contributed by atoms with Gasteiger partial charge in [-0.1, -0.05) is 11.8 Å². The Labute approximate surface area is 133 Å². The zero-order valence-corrected chi connectivity index (χ0v) is 13.7. The molecule has 0 unspecified atom stereocenters. The monoisotopic (exact) mass is 369 g/mol. The number of carbonyl (C=O) groups is 1. The molecule has 2 heterocycles. The molecular formula is C14H12BrNO2S2. The number of thiophene rings is 2. The highest BCUT2D eigenvalue weighted by molar-refractivity contribution is 9.11. The molecule has 2 rings (SSSR count). The first-order valence-corrected chi connectivity index (χ1v) is 8.44. The average Bonchev–Trinajstić information content (AvgIpc) is 3.05. The van der Waals surface area contributed by atoms with Crippen molar-refractivity contribution >= 4 is 44.5 Å². The van der Waals surface area contributed by atoms with Gasteiger partial charge in [0.2, 0.25) is 0 Å². The summed E-state index contributed by atoms with van der Waals surface area (Å²) >= 11 is 6.39. The molecule has 0 atom stereocenters. The van der Waals surface area contributed by atoms with Crippen molar-refractivity contribution in [2.24, 2.45) is 0 Å². The molecule has 0 spiro atoms. The number of aliphatic hydroxyl groups is 1. The lowest BCUT2D eigenvalue weighted by atomic mass is 10.2. The maximum absolute atomic E-state index is 11.9. The van der Waals surface area contributed by atoms with Gasteiger partial charge < -0.3 is 10.4 Å². The molecule has 0 aliphatic heterocycles. The van der Waals surface area contributed by atoms with Gasteiger partial charge in [-0.05, 0) is 33.4 Å². The van der Waals surface area contributed by atoms with Gasteiger partial charge in [0.1, 0.15) is 0 Å². The predicted octanol–water partition coefficient (Wildman–Crippen LogP) is 3.24. The van der Waals surface area contributed by atoms with Gasteiger partial charge in [-0.15, -0.1) is 22.7 Å². The van der Waals surface area contributed by atoms with Crippen molar-refractivity contribution < 1.29 is 9.90 Å². The van der Waals surface area contributed by atoms with Crippen molar-refractivity contribution in [3.63, 3.8) is 0 Å². The third-order valence-corrected chi connectivity index (χ3v) is 4.87. The van der Waals surface area contributed by atoms with E-state index in [0.717, 1.165) is 14.2 Å². The minimum Gasteiger partial charge on any atom is -0.395 e. The molecule has 0 saturated carbocycles. The maximum atomic E-state index is 11.9. The number of hydrogen-bond acceptors (Lipinski definition) is 4. The topological polar surface area (TPSA) is 49.3 Å². The average molecular weight is 370 g/mol. The number of amides is 1. The van der Waals surface area contributed by atoms with Crippen LogP contribution in [0.5, 0.6) is 0 Å². The first kappa shape index (κ1) is 15.3. The lowest BCUT2D eigenvalue weighted by molar-refractivity contribution is 0.0951. The van der Waals surface area contributed by atoms with Crippen LogP contribution in [-0.4, -0.2) is 17.6 Å². The van der Waals surface area contributed by atoms with Gasteiger partial charge in [-0.25, -0.2) is 0 Å². The first-order valence-electron chi connectivity index (χ1n) is 5.89. The third kappa shape index (κ3) is 4.18. The van der Waals surface area contributed by atoms with Gasteiger partial charge >= 0.3 is 0 Å². The molecule has 0 aliphatic rings. The van der Waals surface area contributed by atoms with Gasteiger partial charge in [0.15, 0.2) is 0 Å². The van der Waals surface area contributed by atoms with E-state index in [9.17, 15) is 4.79 Å². The lowest BCUT2D eigenvalue weighted by Gasteiger charge is -2.02. The minimum absolute atomic E-state index is 0.0657. The molecule has 6 heteroatoms. The summed E-state index contributed by atoms with van der Waals surface area (Å²) in [5.41, 5.74) is 1.57. The van der Waals surface area contributed by atoms with E-state index in [1.54, 1.807) is 17.4 Å². The molecular weight excluding hydrogens is 358 g/mol. The molecule has 0 aliphatic carbocycles. The highest BCUT2D eigenvalue weighted by Gasteiger charge is 2.09. The van der Waals surface area contributed by atoms with Crippen LogP contribution in [0.25, 0.3) is 0 Å². The molecule has 2 N–H and O–H groups in total. The summed E-state index contributed by atoms with van der Waals surface area (Å²) in [6.07, 6.45) is 0.463. The van der Waals surface area contributed by atoms with Gasteiger partial charge in [-0.3, -0.25) is 4.79 Å². The molecule has 3 nitrogen and oxygen atoms in total. The molecule has 1 amide bonds. The van der Waals surface area contributed by atoms with E-state index in [-0.39, 0.29) is 12.5 Å². The van der Waals surface area contributed by atoms with E-state index in [2.05, 4.69) is 33.1 Å². The quantitative estimate of drug-likeness (QED) is 0.812. The second-order valence-corrected chi connectivity index (χ2v) is 7.15. The highest BCUT2D eigenvalue weighted by Crippen LogP contribution is 2.21.